The predicted octanol–water partition coefficient (Wildman–Crippen LogP) is 2.11. The van der Waals surface area contributed by atoms with E-state index in [0.29, 0.717) is 19.6 Å². The predicted molar refractivity (Wildman–Crippen MR) is 131 cm³/mol. The van der Waals surface area contributed by atoms with Gasteiger partial charge in [0.25, 0.3) is 5.56 Å². The van der Waals surface area contributed by atoms with Gasteiger partial charge in [-0.05, 0) is 59.5 Å². The van der Waals surface area contributed by atoms with Crippen LogP contribution in [0.1, 0.15) is 28.3 Å². The molecule has 0 amide bonds. The second-order valence-corrected chi connectivity index (χ2v) is 9.17. The summed E-state index contributed by atoms with van der Waals surface area (Å²) < 4.78 is 12.7. The number of ether oxygens (including phenoxy) is 1. The van der Waals surface area contributed by atoms with Gasteiger partial charge in [-0.2, -0.15) is 0 Å². The summed E-state index contributed by atoms with van der Waals surface area (Å²) in [6, 6.07) is 9.97. The number of nitrogens with one attached hydrogen (secondary N) is 1. The number of nitrogens with zero attached hydrogens (tertiary/aromatic N) is 6. The standard InChI is InChI=1S/C25H31N7O3/c1-18-12-19(2)24-20(13-18)14-21(25(33)26-24)15-31(6-5-30-7-10-34-11-8-30)17-23-27-28-29-32(23)16-22-4-3-9-35-22/h3-4,9,12-14H,5-8,10-11,15-17H2,1-2H3,(H,26,33). The van der Waals surface area contributed by atoms with Crippen molar-refractivity contribution in [2.24, 2.45) is 0 Å². The van der Waals surface area contributed by atoms with E-state index < -0.39 is 0 Å². The number of tetrazole rings is 1. The number of hydrogen-bond donors (Lipinski definition) is 1. The van der Waals surface area contributed by atoms with Crippen LogP contribution >= 0.6 is 0 Å². The number of aromatic amines is 1. The van der Waals surface area contributed by atoms with E-state index in [1.54, 1.807) is 10.9 Å². The third-order valence-corrected chi connectivity index (χ3v) is 6.46. The molecule has 1 aliphatic rings. The topological polar surface area (TPSA) is 105 Å². The molecule has 1 aromatic carbocycles. The van der Waals surface area contributed by atoms with Gasteiger partial charge in [0.2, 0.25) is 0 Å². The number of aryl methyl sites for hydroxylation is 2. The van der Waals surface area contributed by atoms with E-state index >= 15 is 0 Å². The number of furan rings is 1. The highest BCUT2D eigenvalue weighted by molar-refractivity contribution is 5.82. The monoisotopic (exact) mass is 477 g/mol. The van der Waals surface area contributed by atoms with E-state index in [4.69, 9.17) is 9.15 Å². The summed E-state index contributed by atoms with van der Waals surface area (Å²) in [5, 5.41) is 13.4. The number of pyridine rings is 1. The molecule has 10 heteroatoms. The van der Waals surface area contributed by atoms with Crippen LogP contribution < -0.4 is 5.56 Å². The summed E-state index contributed by atoms with van der Waals surface area (Å²) in [5.74, 6) is 1.52. The van der Waals surface area contributed by atoms with Gasteiger partial charge in [0.15, 0.2) is 5.82 Å². The van der Waals surface area contributed by atoms with Crippen LogP contribution in [0, 0.1) is 13.8 Å². The minimum absolute atomic E-state index is 0.0593. The Bertz CT molecular complexity index is 1320. The van der Waals surface area contributed by atoms with Crippen molar-refractivity contribution in [2.45, 2.75) is 33.5 Å². The molecule has 3 aromatic heterocycles. The van der Waals surface area contributed by atoms with Gasteiger partial charge in [-0.25, -0.2) is 4.68 Å². The van der Waals surface area contributed by atoms with Gasteiger partial charge in [0, 0.05) is 38.3 Å². The Morgan fingerprint density at radius 2 is 2.00 bits per heavy atom. The summed E-state index contributed by atoms with van der Waals surface area (Å²) in [6.07, 6.45) is 1.64. The molecular formula is C25H31N7O3. The highest BCUT2D eigenvalue weighted by atomic mass is 16.5. The smallest absolute Gasteiger partial charge is 0.252 e. The molecule has 1 fully saturated rings. The van der Waals surface area contributed by atoms with Gasteiger partial charge in [0.1, 0.15) is 12.3 Å². The molecule has 4 heterocycles. The maximum absolute atomic E-state index is 13.0. The first kappa shape index (κ1) is 23.4. The van der Waals surface area contributed by atoms with Gasteiger partial charge in [-0.1, -0.05) is 11.6 Å². The number of hydrogen-bond acceptors (Lipinski definition) is 8. The Kier molecular flexibility index (Phi) is 7.03. The normalized spacial score (nSPS) is 14.8. The molecule has 4 aromatic rings. The van der Waals surface area contributed by atoms with E-state index in [9.17, 15) is 4.79 Å². The minimum atomic E-state index is -0.0593. The Morgan fingerprint density at radius 1 is 1.14 bits per heavy atom. The molecule has 0 aliphatic carbocycles. The quantitative estimate of drug-likeness (QED) is 0.391. The first-order valence-electron chi connectivity index (χ1n) is 12.0. The maximum atomic E-state index is 13.0. The lowest BCUT2D eigenvalue weighted by Crippen LogP contribution is -2.41. The van der Waals surface area contributed by atoms with Gasteiger partial charge in [0.05, 0.1) is 31.5 Å². The van der Waals surface area contributed by atoms with Crippen LogP contribution in [0.5, 0.6) is 0 Å². The van der Waals surface area contributed by atoms with Crippen molar-refractivity contribution in [1.82, 2.24) is 35.0 Å². The average Bonchev–Trinajstić information content (AvgIpc) is 3.52. The van der Waals surface area contributed by atoms with Crippen molar-refractivity contribution in [1.29, 1.82) is 0 Å². The minimum Gasteiger partial charge on any atom is -0.467 e. The van der Waals surface area contributed by atoms with E-state index in [2.05, 4.69) is 49.4 Å². The van der Waals surface area contributed by atoms with Crippen LogP contribution in [0.15, 0.2) is 45.8 Å². The number of morpholine rings is 1. The van der Waals surface area contributed by atoms with E-state index in [1.807, 2.05) is 25.1 Å². The van der Waals surface area contributed by atoms with Crippen molar-refractivity contribution < 1.29 is 9.15 Å². The summed E-state index contributed by atoms with van der Waals surface area (Å²) in [6.45, 7) is 10.6. The zero-order chi connectivity index (χ0) is 24.2. The lowest BCUT2D eigenvalue weighted by molar-refractivity contribution is 0.0322. The Balaban J connectivity index is 1.39. The zero-order valence-corrected chi connectivity index (χ0v) is 20.2. The SMILES string of the molecule is Cc1cc(C)c2[nH]c(=O)c(CN(CCN3CCOCC3)Cc3nnnn3Cc3ccco3)cc2c1. The number of aromatic nitrogens is 5. The molecule has 5 rings (SSSR count). The summed E-state index contributed by atoms with van der Waals surface area (Å²) in [4.78, 5) is 20.7. The first-order valence-corrected chi connectivity index (χ1v) is 12.0. The Labute approximate surface area is 203 Å². The fraction of sp³-hybridized carbons (Fsp3) is 0.440. The molecule has 0 atom stereocenters. The second-order valence-electron chi connectivity index (χ2n) is 9.17. The Hall–Kier alpha value is -3.34. The number of benzene rings is 1. The van der Waals surface area contributed by atoms with E-state index in [1.165, 1.54) is 5.56 Å². The molecule has 35 heavy (non-hydrogen) atoms. The average molecular weight is 478 g/mol. The molecule has 0 spiro atoms. The third-order valence-electron chi connectivity index (χ3n) is 6.46. The summed E-state index contributed by atoms with van der Waals surface area (Å²) in [7, 11) is 0. The summed E-state index contributed by atoms with van der Waals surface area (Å²) in [5.41, 5.74) is 3.82. The van der Waals surface area contributed by atoms with Crippen molar-refractivity contribution >= 4 is 10.9 Å². The van der Waals surface area contributed by atoms with Crippen LogP contribution in [0.3, 0.4) is 0 Å². The van der Waals surface area contributed by atoms with Gasteiger partial charge < -0.3 is 14.1 Å². The van der Waals surface area contributed by atoms with Crippen molar-refractivity contribution in [3.8, 4) is 0 Å². The highest BCUT2D eigenvalue weighted by Gasteiger charge is 2.18. The molecule has 10 nitrogen and oxygen atoms in total. The van der Waals surface area contributed by atoms with Gasteiger partial charge in [-0.15, -0.1) is 5.10 Å². The van der Waals surface area contributed by atoms with E-state index in [0.717, 1.165) is 73.0 Å². The van der Waals surface area contributed by atoms with Gasteiger partial charge >= 0.3 is 0 Å². The Morgan fingerprint density at radius 3 is 2.80 bits per heavy atom. The molecule has 0 unspecified atom stereocenters. The van der Waals surface area contributed by atoms with Crippen LogP contribution in [0.2, 0.25) is 0 Å². The first-order chi connectivity index (χ1) is 17.0. The van der Waals surface area contributed by atoms with Crippen molar-refractivity contribution in [2.75, 3.05) is 39.4 Å². The second kappa shape index (κ2) is 10.5. The molecule has 1 saturated heterocycles. The fourth-order valence-electron chi connectivity index (χ4n) is 4.62. The number of H-pyrrole nitrogens is 1. The maximum Gasteiger partial charge on any atom is 0.252 e. The van der Waals surface area contributed by atoms with Crippen LogP contribution in [0.25, 0.3) is 10.9 Å². The van der Waals surface area contributed by atoms with E-state index in [-0.39, 0.29) is 5.56 Å². The largest absolute Gasteiger partial charge is 0.467 e. The van der Waals surface area contributed by atoms with Crippen LogP contribution in [-0.4, -0.2) is 74.4 Å². The zero-order valence-electron chi connectivity index (χ0n) is 20.2. The van der Waals surface area contributed by atoms with Crippen LogP contribution in [-0.2, 0) is 24.4 Å². The van der Waals surface area contributed by atoms with Crippen molar-refractivity contribution in [3.05, 3.63) is 75.2 Å². The molecule has 184 valence electrons. The number of fused-ring (bicyclic) bond motifs is 1. The molecule has 1 aliphatic heterocycles. The molecule has 0 radical (unpaired) electrons. The lowest BCUT2D eigenvalue weighted by Gasteiger charge is -2.29. The molecule has 0 saturated carbocycles. The molecule has 1 N–H and O–H groups in total. The summed E-state index contributed by atoms with van der Waals surface area (Å²) >= 11 is 0. The molecular weight excluding hydrogens is 446 g/mol. The fourth-order valence-corrected chi connectivity index (χ4v) is 4.62. The van der Waals surface area contributed by atoms with Crippen molar-refractivity contribution in [3.63, 3.8) is 0 Å². The lowest BCUT2D eigenvalue weighted by atomic mass is 10.1. The number of rotatable bonds is 9. The van der Waals surface area contributed by atoms with Crippen LogP contribution in [0.4, 0.5) is 0 Å². The molecule has 0 bridgehead atoms. The highest BCUT2D eigenvalue weighted by Crippen LogP contribution is 2.19. The third kappa shape index (κ3) is 5.67. The van der Waals surface area contributed by atoms with Gasteiger partial charge in [-0.3, -0.25) is 14.6 Å².